The molecule has 11 rings (SSSR count). The molecule has 8 aromatic carbocycles. The Hall–Kier alpha value is -6.98. The van der Waals surface area contributed by atoms with Crippen molar-refractivity contribution in [3.63, 3.8) is 0 Å². The zero-order valence-electron chi connectivity index (χ0n) is 27.9. The van der Waals surface area contributed by atoms with Crippen LogP contribution in [0.1, 0.15) is 22.9 Å². The largest absolute Gasteiger partial charge is 0.456 e. The summed E-state index contributed by atoms with van der Waals surface area (Å²) in [5.41, 5.74) is 8.52. The summed E-state index contributed by atoms with van der Waals surface area (Å²) < 4.78 is 12.7. The molecule has 10 aromatic rings. The van der Waals surface area contributed by atoms with Crippen LogP contribution in [0.25, 0.3) is 76.5 Å². The molecule has 52 heavy (non-hydrogen) atoms. The monoisotopic (exact) mass is 667 g/mol. The molecule has 0 spiro atoms. The fraction of sp³-hybridized carbons (Fsp3) is 0.0213. The molecular weight excluding hydrogens is 639 g/mol. The molecule has 1 atom stereocenters. The van der Waals surface area contributed by atoms with E-state index in [1.807, 2.05) is 30.3 Å². The Kier molecular flexibility index (Phi) is 6.25. The number of hydrogen-bond donors (Lipinski definition) is 1. The smallest absolute Gasteiger partial charge is 0.160 e. The Morgan fingerprint density at radius 2 is 1.10 bits per heavy atom. The van der Waals surface area contributed by atoms with Crippen molar-refractivity contribution in [1.29, 1.82) is 0 Å². The first-order valence-corrected chi connectivity index (χ1v) is 17.5. The van der Waals surface area contributed by atoms with Crippen molar-refractivity contribution in [2.45, 2.75) is 6.17 Å². The molecule has 3 heterocycles. The van der Waals surface area contributed by atoms with Crippen LogP contribution in [0.5, 0.6) is 0 Å². The number of hydrogen-bond acceptors (Lipinski definition) is 5. The summed E-state index contributed by atoms with van der Waals surface area (Å²) in [7, 11) is 0. The highest BCUT2D eigenvalue weighted by Gasteiger charge is 2.24. The van der Waals surface area contributed by atoms with Crippen LogP contribution < -0.4 is 5.32 Å². The normalized spacial score (nSPS) is 14.7. The van der Waals surface area contributed by atoms with E-state index in [9.17, 15) is 0 Å². The quantitative estimate of drug-likeness (QED) is 0.203. The number of nitrogens with one attached hydrogen (secondary N) is 1. The summed E-state index contributed by atoms with van der Waals surface area (Å²) in [5, 5.41) is 12.6. The summed E-state index contributed by atoms with van der Waals surface area (Å²) in [5.74, 6) is 1.43. The standard InChI is InChI=1S/C47H29N3O2/c1-3-10-30-24-34(18-16-28(30)8-1)45-48-46(35-19-17-29-9-2-4-11-31(29)25-35)50-47(49-45)38-13-7-15-42-44(38)39-26-32(21-23-41(39)51-42)33-20-22-37-36-12-5-6-14-40(36)52-43(37)27-33/h1-27,45H,(H,48,49,50). The lowest BCUT2D eigenvalue weighted by molar-refractivity contribution is 0.668. The van der Waals surface area contributed by atoms with E-state index in [-0.39, 0.29) is 6.17 Å². The summed E-state index contributed by atoms with van der Waals surface area (Å²) >= 11 is 0. The molecular formula is C47H29N3O2. The Labute approximate surface area is 298 Å². The number of fused-ring (bicyclic) bond motifs is 8. The second-order valence-corrected chi connectivity index (χ2v) is 13.4. The van der Waals surface area contributed by atoms with Crippen molar-refractivity contribution < 1.29 is 8.83 Å². The zero-order valence-corrected chi connectivity index (χ0v) is 27.9. The second kappa shape index (κ2) is 11.3. The molecule has 0 saturated heterocycles. The summed E-state index contributed by atoms with van der Waals surface area (Å²) in [4.78, 5) is 10.5. The Morgan fingerprint density at radius 1 is 0.442 bits per heavy atom. The zero-order chi connectivity index (χ0) is 34.2. The minimum atomic E-state index is -0.349. The highest BCUT2D eigenvalue weighted by atomic mass is 16.3. The van der Waals surface area contributed by atoms with Crippen molar-refractivity contribution >= 4 is 77.1 Å². The first kappa shape index (κ1) is 28.8. The fourth-order valence-corrected chi connectivity index (χ4v) is 7.70. The van der Waals surface area contributed by atoms with Crippen LogP contribution in [0.3, 0.4) is 0 Å². The molecule has 1 unspecified atom stereocenters. The van der Waals surface area contributed by atoms with Gasteiger partial charge in [-0.1, -0.05) is 115 Å². The highest BCUT2D eigenvalue weighted by Crippen LogP contribution is 2.38. The maximum absolute atomic E-state index is 6.47. The van der Waals surface area contributed by atoms with Crippen molar-refractivity contribution in [3.8, 4) is 11.1 Å². The van der Waals surface area contributed by atoms with Crippen molar-refractivity contribution in [1.82, 2.24) is 5.32 Å². The molecule has 5 nitrogen and oxygen atoms in total. The van der Waals surface area contributed by atoms with Gasteiger partial charge in [0.05, 0.1) is 0 Å². The van der Waals surface area contributed by atoms with Crippen molar-refractivity contribution in [2.24, 2.45) is 9.98 Å². The molecule has 0 aliphatic carbocycles. The van der Waals surface area contributed by atoms with Crippen LogP contribution in [-0.2, 0) is 0 Å². The third kappa shape index (κ3) is 4.63. The van der Waals surface area contributed by atoms with E-state index >= 15 is 0 Å². The van der Waals surface area contributed by atoms with Gasteiger partial charge in [-0.3, -0.25) is 0 Å². The van der Waals surface area contributed by atoms with Gasteiger partial charge >= 0.3 is 0 Å². The van der Waals surface area contributed by atoms with Crippen LogP contribution in [0.15, 0.2) is 183 Å². The average Bonchev–Trinajstić information content (AvgIpc) is 3.78. The minimum Gasteiger partial charge on any atom is -0.456 e. The van der Waals surface area contributed by atoms with Gasteiger partial charge < -0.3 is 14.2 Å². The highest BCUT2D eigenvalue weighted by molar-refractivity contribution is 6.22. The predicted molar refractivity (Wildman–Crippen MR) is 213 cm³/mol. The molecule has 1 aliphatic heterocycles. The van der Waals surface area contributed by atoms with Crippen LogP contribution in [0.2, 0.25) is 0 Å². The van der Waals surface area contributed by atoms with Crippen LogP contribution >= 0.6 is 0 Å². The minimum absolute atomic E-state index is 0.349. The second-order valence-electron chi connectivity index (χ2n) is 13.4. The molecule has 1 aliphatic rings. The molecule has 1 N–H and O–H groups in total. The lowest BCUT2D eigenvalue weighted by Gasteiger charge is -2.24. The molecule has 2 aromatic heterocycles. The number of benzene rings is 8. The molecule has 0 amide bonds. The lowest BCUT2D eigenvalue weighted by Crippen LogP contribution is -2.33. The fourth-order valence-electron chi connectivity index (χ4n) is 7.70. The van der Waals surface area contributed by atoms with Gasteiger partial charge in [-0.25, -0.2) is 9.98 Å². The summed E-state index contributed by atoms with van der Waals surface area (Å²) in [6, 6.07) is 57.0. The maximum Gasteiger partial charge on any atom is 0.160 e. The molecule has 0 saturated carbocycles. The summed E-state index contributed by atoms with van der Waals surface area (Å²) in [6.45, 7) is 0. The van der Waals surface area contributed by atoms with Crippen molar-refractivity contribution in [3.05, 3.63) is 180 Å². The van der Waals surface area contributed by atoms with E-state index in [1.54, 1.807) is 0 Å². The number of nitrogens with zero attached hydrogens (tertiary/aromatic N) is 2. The number of para-hydroxylation sites is 1. The Morgan fingerprint density at radius 3 is 1.98 bits per heavy atom. The van der Waals surface area contributed by atoms with Crippen LogP contribution in [-0.4, -0.2) is 11.7 Å². The van der Waals surface area contributed by atoms with Crippen LogP contribution in [0.4, 0.5) is 0 Å². The number of rotatable bonds is 4. The van der Waals surface area contributed by atoms with Gasteiger partial charge in [0.25, 0.3) is 0 Å². The van der Waals surface area contributed by atoms with Gasteiger partial charge in [0.1, 0.15) is 34.3 Å². The van der Waals surface area contributed by atoms with E-state index in [4.69, 9.17) is 18.8 Å². The average molecular weight is 668 g/mol. The first-order chi connectivity index (χ1) is 25.7. The van der Waals surface area contributed by atoms with Crippen LogP contribution in [0, 0.1) is 0 Å². The topological polar surface area (TPSA) is 63.0 Å². The summed E-state index contributed by atoms with van der Waals surface area (Å²) in [6.07, 6.45) is -0.349. The first-order valence-electron chi connectivity index (χ1n) is 17.5. The molecule has 0 fully saturated rings. The lowest BCUT2D eigenvalue weighted by atomic mass is 9.99. The van der Waals surface area contributed by atoms with E-state index in [0.29, 0.717) is 5.84 Å². The van der Waals surface area contributed by atoms with Gasteiger partial charge in [0.15, 0.2) is 5.84 Å². The predicted octanol–water partition coefficient (Wildman–Crippen LogP) is 12.0. The Balaban J connectivity index is 1.08. The SMILES string of the molecule is c1ccc2cc(C3=NC(c4cccc5oc6ccc(-c7ccc8c(c7)oc7ccccc78)cc6c45)=NC(c4ccc5ccccc5c4)N3)ccc2c1. The molecule has 244 valence electrons. The van der Waals surface area contributed by atoms with Gasteiger partial charge in [-0.05, 0) is 86.8 Å². The number of furan rings is 2. The van der Waals surface area contributed by atoms with Gasteiger partial charge in [0, 0.05) is 32.7 Å². The molecule has 0 bridgehead atoms. The van der Waals surface area contributed by atoms with Gasteiger partial charge in [0.2, 0.25) is 0 Å². The Bertz CT molecular complexity index is 3130. The third-order valence-electron chi connectivity index (χ3n) is 10.3. The van der Waals surface area contributed by atoms with E-state index in [2.05, 4.69) is 139 Å². The number of aliphatic imine (C=N–C) groups is 2. The van der Waals surface area contributed by atoms with Gasteiger partial charge in [-0.2, -0.15) is 0 Å². The van der Waals surface area contributed by atoms with Gasteiger partial charge in [-0.15, -0.1) is 0 Å². The van der Waals surface area contributed by atoms with E-state index < -0.39 is 0 Å². The third-order valence-corrected chi connectivity index (χ3v) is 10.3. The number of amidine groups is 2. The molecule has 0 radical (unpaired) electrons. The van der Waals surface area contributed by atoms with E-state index in [0.717, 1.165) is 82.9 Å². The maximum atomic E-state index is 6.47. The van der Waals surface area contributed by atoms with E-state index in [1.165, 1.54) is 16.2 Å². The molecule has 5 heteroatoms. The van der Waals surface area contributed by atoms with Crippen molar-refractivity contribution in [2.75, 3.05) is 0 Å².